The van der Waals surface area contributed by atoms with Gasteiger partial charge in [-0.15, -0.1) is 0 Å². The minimum atomic E-state index is -0.206. The summed E-state index contributed by atoms with van der Waals surface area (Å²) >= 11 is 14.5. The Labute approximate surface area is 145 Å². The van der Waals surface area contributed by atoms with Crippen LogP contribution in [0.2, 0.25) is 10.0 Å². The summed E-state index contributed by atoms with van der Waals surface area (Å²) in [6.07, 6.45) is 2.35. The SMILES string of the molecule is CCOC(=O)[C@@H]1C[C@@H]1Oc1cc(Cl)c(Cl)c2[nH]cc(I)c12. The third-order valence-corrected chi connectivity index (χ3v) is 5.00. The van der Waals surface area contributed by atoms with Crippen LogP contribution in [0.3, 0.4) is 0 Å². The van der Waals surface area contributed by atoms with Gasteiger partial charge in [-0.05, 0) is 29.5 Å². The second-order valence-corrected chi connectivity index (χ2v) is 6.76. The Morgan fingerprint density at radius 2 is 2.29 bits per heavy atom. The molecule has 0 radical (unpaired) electrons. The van der Waals surface area contributed by atoms with E-state index in [1.54, 1.807) is 13.0 Å². The highest BCUT2D eigenvalue weighted by Crippen LogP contribution is 2.43. The molecule has 1 aliphatic carbocycles. The molecule has 0 amide bonds. The molecular formula is C14H12Cl2INO3. The first kappa shape index (κ1) is 15.2. The van der Waals surface area contributed by atoms with Crippen LogP contribution in [0.25, 0.3) is 10.9 Å². The van der Waals surface area contributed by atoms with E-state index in [2.05, 4.69) is 27.6 Å². The summed E-state index contributed by atoms with van der Waals surface area (Å²) < 4.78 is 11.9. The van der Waals surface area contributed by atoms with Gasteiger partial charge in [0.2, 0.25) is 0 Å². The first-order valence-corrected chi connectivity index (χ1v) is 8.34. The minimum absolute atomic E-state index is 0.157. The number of carbonyl (C=O) groups excluding carboxylic acids is 1. The maximum Gasteiger partial charge on any atom is 0.312 e. The highest BCUT2D eigenvalue weighted by molar-refractivity contribution is 14.1. The van der Waals surface area contributed by atoms with E-state index in [1.807, 2.05) is 6.20 Å². The van der Waals surface area contributed by atoms with Gasteiger partial charge in [0.05, 0.1) is 33.5 Å². The topological polar surface area (TPSA) is 51.3 Å². The van der Waals surface area contributed by atoms with Crippen molar-refractivity contribution in [1.29, 1.82) is 0 Å². The van der Waals surface area contributed by atoms with Gasteiger partial charge in [-0.1, -0.05) is 23.2 Å². The lowest BCUT2D eigenvalue weighted by Gasteiger charge is -2.10. The highest BCUT2D eigenvalue weighted by atomic mass is 127. The Balaban J connectivity index is 1.87. The second-order valence-electron chi connectivity index (χ2n) is 4.81. The molecule has 0 saturated heterocycles. The Bertz CT molecular complexity index is 716. The van der Waals surface area contributed by atoms with Gasteiger partial charge in [-0.25, -0.2) is 0 Å². The molecule has 1 heterocycles. The first-order chi connectivity index (χ1) is 10.0. The molecule has 1 N–H and O–H groups in total. The molecule has 2 atom stereocenters. The van der Waals surface area contributed by atoms with Crippen molar-refractivity contribution in [3.63, 3.8) is 0 Å². The summed E-state index contributed by atoms with van der Waals surface area (Å²) in [6.45, 7) is 2.18. The molecule has 2 aromatic rings. The lowest BCUT2D eigenvalue weighted by atomic mass is 10.2. The molecule has 7 heteroatoms. The Hall–Kier alpha value is -0.660. The van der Waals surface area contributed by atoms with Crippen molar-refractivity contribution < 1.29 is 14.3 Å². The zero-order chi connectivity index (χ0) is 15.1. The third kappa shape index (κ3) is 2.83. The summed E-state index contributed by atoms with van der Waals surface area (Å²) in [5.41, 5.74) is 0.747. The maximum absolute atomic E-state index is 11.7. The molecule has 1 saturated carbocycles. The second kappa shape index (κ2) is 5.85. The molecular weight excluding hydrogens is 428 g/mol. The van der Waals surface area contributed by atoms with Crippen LogP contribution in [0.15, 0.2) is 12.3 Å². The van der Waals surface area contributed by atoms with Gasteiger partial charge in [0.25, 0.3) is 0 Å². The Morgan fingerprint density at radius 3 is 3.00 bits per heavy atom. The van der Waals surface area contributed by atoms with Crippen LogP contribution in [-0.4, -0.2) is 23.7 Å². The third-order valence-electron chi connectivity index (χ3n) is 3.37. The molecule has 0 unspecified atom stereocenters. The number of halogens is 3. The molecule has 1 aromatic carbocycles. The van der Waals surface area contributed by atoms with Crippen molar-refractivity contribution in [3.05, 3.63) is 25.9 Å². The molecule has 0 bridgehead atoms. The van der Waals surface area contributed by atoms with E-state index >= 15 is 0 Å². The fourth-order valence-corrected chi connectivity index (χ4v) is 3.33. The Morgan fingerprint density at radius 1 is 1.52 bits per heavy atom. The molecule has 0 spiro atoms. The number of benzene rings is 1. The standard InChI is InChI=1S/C14H12Cl2INO3/c1-2-20-14(19)6-3-9(6)21-10-4-7(15)12(16)13-11(10)8(17)5-18-13/h4-6,9,18H,2-3H2,1H3/t6-,9+/m1/s1. The number of H-pyrrole nitrogens is 1. The summed E-state index contributed by atoms with van der Waals surface area (Å²) in [5, 5.41) is 1.78. The number of rotatable bonds is 4. The van der Waals surface area contributed by atoms with Crippen molar-refractivity contribution >= 4 is 62.7 Å². The number of aromatic amines is 1. The van der Waals surface area contributed by atoms with E-state index in [9.17, 15) is 4.79 Å². The number of nitrogens with one attached hydrogen (secondary N) is 1. The van der Waals surface area contributed by atoms with Crippen LogP contribution < -0.4 is 4.74 Å². The van der Waals surface area contributed by atoms with E-state index in [1.165, 1.54) is 0 Å². The van der Waals surface area contributed by atoms with E-state index in [4.69, 9.17) is 32.7 Å². The van der Waals surface area contributed by atoms with Gasteiger partial charge in [-0.2, -0.15) is 0 Å². The molecule has 0 aliphatic heterocycles. The molecule has 3 rings (SSSR count). The number of esters is 1. The lowest BCUT2D eigenvalue weighted by molar-refractivity contribution is -0.145. The van der Waals surface area contributed by atoms with Crippen molar-refractivity contribution in [3.8, 4) is 5.75 Å². The molecule has 1 aliphatic rings. The average molecular weight is 440 g/mol. The quantitative estimate of drug-likeness (QED) is 0.567. The van der Waals surface area contributed by atoms with Crippen molar-refractivity contribution in [2.75, 3.05) is 6.61 Å². The van der Waals surface area contributed by atoms with Crippen LogP contribution >= 0.6 is 45.8 Å². The molecule has 1 aromatic heterocycles. The molecule has 4 nitrogen and oxygen atoms in total. The smallest absolute Gasteiger partial charge is 0.312 e. The number of hydrogen-bond acceptors (Lipinski definition) is 3. The number of fused-ring (bicyclic) bond motifs is 1. The summed E-state index contributed by atoms with van der Waals surface area (Å²) in [5.74, 6) is 0.246. The van der Waals surface area contributed by atoms with Crippen LogP contribution in [0.5, 0.6) is 5.75 Å². The predicted molar refractivity (Wildman–Crippen MR) is 90.2 cm³/mol. The molecule has 21 heavy (non-hydrogen) atoms. The fraction of sp³-hybridized carbons (Fsp3) is 0.357. The van der Waals surface area contributed by atoms with Gasteiger partial charge in [0, 0.05) is 22.3 Å². The summed E-state index contributed by atoms with van der Waals surface area (Å²) in [7, 11) is 0. The molecule has 1 fully saturated rings. The number of hydrogen-bond donors (Lipinski definition) is 1. The monoisotopic (exact) mass is 439 g/mol. The number of aromatic nitrogens is 1. The minimum Gasteiger partial charge on any atom is -0.489 e. The Kier molecular flexibility index (Phi) is 4.25. The average Bonchev–Trinajstić information content (AvgIpc) is 3.10. The van der Waals surface area contributed by atoms with E-state index < -0.39 is 0 Å². The van der Waals surface area contributed by atoms with E-state index in [0.29, 0.717) is 28.8 Å². The zero-order valence-corrected chi connectivity index (χ0v) is 14.8. The normalized spacial score (nSPS) is 20.6. The fourth-order valence-electron chi connectivity index (χ4n) is 2.24. The van der Waals surface area contributed by atoms with Gasteiger partial charge in [-0.3, -0.25) is 4.79 Å². The van der Waals surface area contributed by atoms with Gasteiger partial charge >= 0.3 is 5.97 Å². The van der Waals surface area contributed by atoms with Crippen LogP contribution in [0.1, 0.15) is 13.3 Å². The largest absolute Gasteiger partial charge is 0.489 e. The lowest BCUT2D eigenvalue weighted by Crippen LogP contribution is -2.12. The summed E-state index contributed by atoms with van der Waals surface area (Å²) in [6, 6.07) is 1.70. The van der Waals surface area contributed by atoms with E-state index in [0.717, 1.165) is 14.5 Å². The zero-order valence-electron chi connectivity index (χ0n) is 11.1. The summed E-state index contributed by atoms with van der Waals surface area (Å²) in [4.78, 5) is 14.7. The van der Waals surface area contributed by atoms with Crippen LogP contribution in [0, 0.1) is 9.49 Å². The number of carbonyl (C=O) groups is 1. The van der Waals surface area contributed by atoms with Crippen molar-refractivity contribution in [2.24, 2.45) is 5.92 Å². The van der Waals surface area contributed by atoms with Gasteiger partial charge in [0.15, 0.2) is 0 Å². The highest BCUT2D eigenvalue weighted by Gasteiger charge is 2.47. The molecule has 112 valence electrons. The van der Waals surface area contributed by atoms with Gasteiger partial charge in [0.1, 0.15) is 11.9 Å². The van der Waals surface area contributed by atoms with Crippen molar-refractivity contribution in [2.45, 2.75) is 19.4 Å². The van der Waals surface area contributed by atoms with Crippen molar-refractivity contribution in [1.82, 2.24) is 4.98 Å². The van der Waals surface area contributed by atoms with Crippen LogP contribution in [-0.2, 0) is 9.53 Å². The van der Waals surface area contributed by atoms with Crippen LogP contribution in [0.4, 0.5) is 0 Å². The number of ether oxygens (including phenoxy) is 2. The predicted octanol–water partition coefficient (Wildman–Crippen LogP) is 4.41. The van der Waals surface area contributed by atoms with E-state index in [-0.39, 0.29) is 18.0 Å². The van der Waals surface area contributed by atoms with Gasteiger partial charge < -0.3 is 14.5 Å². The maximum atomic E-state index is 11.7. The first-order valence-electron chi connectivity index (χ1n) is 6.50.